The van der Waals surface area contributed by atoms with Crippen LogP contribution >= 0.6 is 11.6 Å². The van der Waals surface area contributed by atoms with Crippen molar-refractivity contribution >= 4 is 23.3 Å². The molecule has 0 aromatic carbocycles. The number of rotatable bonds is 5. The molecule has 0 aliphatic heterocycles. The summed E-state index contributed by atoms with van der Waals surface area (Å²) < 4.78 is 5.03. The fraction of sp³-hybridized carbons (Fsp3) is 0.214. The Morgan fingerprint density at radius 3 is 2.90 bits per heavy atom. The monoisotopic (exact) mass is 306 g/mol. The second kappa shape index (κ2) is 6.90. The molecule has 21 heavy (non-hydrogen) atoms. The van der Waals surface area contributed by atoms with Gasteiger partial charge in [-0.1, -0.05) is 11.6 Å². The molecule has 7 heteroatoms. The number of halogens is 1. The van der Waals surface area contributed by atoms with E-state index in [1.807, 2.05) is 0 Å². The molecule has 110 valence electrons. The molecule has 0 saturated carbocycles. The molecule has 0 spiro atoms. The lowest BCUT2D eigenvalue weighted by Crippen LogP contribution is -2.23. The average molecular weight is 307 g/mol. The van der Waals surface area contributed by atoms with Gasteiger partial charge in [0.2, 0.25) is 5.88 Å². The van der Waals surface area contributed by atoms with Gasteiger partial charge in [-0.3, -0.25) is 4.79 Å². The molecule has 2 N–H and O–H groups in total. The molecule has 2 aromatic rings. The molecule has 2 heterocycles. The van der Waals surface area contributed by atoms with E-state index in [2.05, 4.69) is 20.6 Å². The minimum absolute atomic E-state index is 0.230. The van der Waals surface area contributed by atoms with E-state index < -0.39 is 0 Å². The van der Waals surface area contributed by atoms with Crippen molar-refractivity contribution in [2.24, 2.45) is 0 Å². The SMILES string of the molecule is CNc1cc(C(=O)NCc2ccnc(OC)c2)cc(Cl)n1. The molecule has 0 unspecified atom stereocenters. The molecule has 0 radical (unpaired) electrons. The first-order valence-corrected chi connectivity index (χ1v) is 6.62. The lowest BCUT2D eigenvalue weighted by Gasteiger charge is -2.08. The molecule has 6 nitrogen and oxygen atoms in total. The number of hydrogen-bond donors (Lipinski definition) is 2. The van der Waals surface area contributed by atoms with Crippen molar-refractivity contribution in [1.29, 1.82) is 0 Å². The minimum atomic E-state index is -0.230. The van der Waals surface area contributed by atoms with Crippen molar-refractivity contribution < 1.29 is 9.53 Å². The number of anilines is 1. The van der Waals surface area contributed by atoms with Gasteiger partial charge in [-0.15, -0.1) is 0 Å². The molecule has 0 bridgehead atoms. The Kier molecular flexibility index (Phi) is 4.94. The first-order valence-electron chi connectivity index (χ1n) is 6.25. The summed E-state index contributed by atoms with van der Waals surface area (Å²) >= 11 is 5.87. The van der Waals surface area contributed by atoms with Crippen molar-refractivity contribution in [3.05, 3.63) is 46.7 Å². The maximum absolute atomic E-state index is 12.1. The Bertz CT molecular complexity index is 649. The maximum Gasteiger partial charge on any atom is 0.251 e. The van der Waals surface area contributed by atoms with Gasteiger partial charge < -0.3 is 15.4 Å². The highest BCUT2D eigenvalue weighted by Crippen LogP contribution is 2.14. The average Bonchev–Trinajstić information content (AvgIpc) is 2.52. The van der Waals surface area contributed by atoms with Crippen LogP contribution in [-0.4, -0.2) is 30.0 Å². The third-order valence-corrected chi connectivity index (χ3v) is 2.97. The molecule has 0 aliphatic rings. The van der Waals surface area contributed by atoms with E-state index in [0.29, 0.717) is 23.8 Å². The van der Waals surface area contributed by atoms with Gasteiger partial charge in [-0.05, 0) is 23.8 Å². The number of carbonyl (C=O) groups is 1. The molecular weight excluding hydrogens is 292 g/mol. The number of aromatic nitrogens is 2. The molecule has 0 atom stereocenters. The Labute approximate surface area is 127 Å². The van der Waals surface area contributed by atoms with Crippen molar-refractivity contribution in [3.63, 3.8) is 0 Å². The first-order chi connectivity index (χ1) is 10.1. The van der Waals surface area contributed by atoms with Crippen LogP contribution in [0.3, 0.4) is 0 Å². The van der Waals surface area contributed by atoms with Crippen LogP contribution in [0.1, 0.15) is 15.9 Å². The molecule has 0 aliphatic carbocycles. The maximum atomic E-state index is 12.1. The fourth-order valence-electron chi connectivity index (χ4n) is 1.71. The number of nitrogens with zero attached hydrogens (tertiary/aromatic N) is 2. The van der Waals surface area contributed by atoms with E-state index in [9.17, 15) is 4.79 Å². The van der Waals surface area contributed by atoms with E-state index in [0.717, 1.165) is 5.56 Å². The van der Waals surface area contributed by atoms with Gasteiger partial charge in [0.25, 0.3) is 5.91 Å². The van der Waals surface area contributed by atoms with E-state index in [-0.39, 0.29) is 11.1 Å². The summed E-state index contributed by atoms with van der Waals surface area (Å²) in [5, 5.41) is 5.92. The zero-order valence-corrected chi connectivity index (χ0v) is 12.4. The number of amides is 1. The zero-order valence-electron chi connectivity index (χ0n) is 11.7. The highest BCUT2D eigenvalue weighted by Gasteiger charge is 2.09. The Balaban J connectivity index is 2.06. The first kappa shape index (κ1) is 15.1. The normalized spacial score (nSPS) is 10.0. The van der Waals surface area contributed by atoms with Gasteiger partial charge in [0.15, 0.2) is 0 Å². The van der Waals surface area contributed by atoms with Crippen LogP contribution in [0.15, 0.2) is 30.5 Å². The summed E-state index contributed by atoms with van der Waals surface area (Å²) in [7, 11) is 3.26. The Morgan fingerprint density at radius 2 is 2.19 bits per heavy atom. The predicted octanol–water partition coefficient (Wildman–Crippen LogP) is 2.11. The van der Waals surface area contributed by atoms with E-state index >= 15 is 0 Å². The summed E-state index contributed by atoms with van der Waals surface area (Å²) in [5.41, 5.74) is 1.34. The molecule has 0 fully saturated rings. The van der Waals surface area contributed by atoms with E-state index in [1.54, 1.807) is 38.6 Å². The number of nitrogens with one attached hydrogen (secondary N) is 2. The van der Waals surface area contributed by atoms with Gasteiger partial charge in [0.05, 0.1) is 7.11 Å². The lowest BCUT2D eigenvalue weighted by atomic mass is 10.2. The second-order valence-electron chi connectivity index (χ2n) is 4.20. The van der Waals surface area contributed by atoms with Crippen LogP contribution in [0.4, 0.5) is 5.82 Å². The third-order valence-electron chi connectivity index (χ3n) is 2.77. The zero-order chi connectivity index (χ0) is 15.2. The summed E-state index contributed by atoms with van der Waals surface area (Å²) in [6.45, 7) is 0.368. The van der Waals surface area contributed by atoms with Gasteiger partial charge in [0, 0.05) is 31.4 Å². The number of carbonyl (C=O) groups excluding carboxylic acids is 1. The van der Waals surface area contributed by atoms with Crippen LogP contribution in [0.2, 0.25) is 5.15 Å². The quantitative estimate of drug-likeness (QED) is 0.827. The molecular formula is C14H15ClN4O2. The molecule has 1 amide bonds. The van der Waals surface area contributed by atoms with Gasteiger partial charge in [0.1, 0.15) is 11.0 Å². The fourth-order valence-corrected chi connectivity index (χ4v) is 1.92. The topological polar surface area (TPSA) is 76.1 Å². The number of hydrogen-bond acceptors (Lipinski definition) is 5. The van der Waals surface area contributed by atoms with Gasteiger partial charge in [-0.25, -0.2) is 9.97 Å². The smallest absolute Gasteiger partial charge is 0.251 e. The molecule has 0 saturated heterocycles. The highest BCUT2D eigenvalue weighted by molar-refractivity contribution is 6.29. The third kappa shape index (κ3) is 4.06. The van der Waals surface area contributed by atoms with E-state index in [4.69, 9.17) is 16.3 Å². The summed E-state index contributed by atoms with van der Waals surface area (Å²) in [6, 6.07) is 6.72. The van der Waals surface area contributed by atoms with Crippen molar-refractivity contribution in [2.45, 2.75) is 6.54 Å². The van der Waals surface area contributed by atoms with E-state index in [1.165, 1.54) is 6.07 Å². The number of ether oxygens (including phenoxy) is 1. The van der Waals surface area contributed by atoms with Crippen LogP contribution in [0.5, 0.6) is 5.88 Å². The standard InChI is InChI=1S/C14H15ClN4O2/c1-16-12-7-10(6-11(15)19-12)14(20)18-8-9-3-4-17-13(5-9)21-2/h3-7H,8H2,1-2H3,(H,16,19)(H,18,20). The van der Waals surface area contributed by atoms with Crippen molar-refractivity contribution in [2.75, 3.05) is 19.5 Å². The Morgan fingerprint density at radius 1 is 1.38 bits per heavy atom. The molecule has 2 aromatic heterocycles. The summed E-state index contributed by atoms with van der Waals surface area (Å²) in [4.78, 5) is 20.2. The number of pyridine rings is 2. The van der Waals surface area contributed by atoms with Crippen LogP contribution in [0.25, 0.3) is 0 Å². The Hall–Kier alpha value is -2.34. The van der Waals surface area contributed by atoms with Gasteiger partial charge >= 0.3 is 0 Å². The lowest BCUT2D eigenvalue weighted by molar-refractivity contribution is 0.0951. The highest BCUT2D eigenvalue weighted by atomic mass is 35.5. The summed E-state index contributed by atoms with van der Waals surface area (Å²) in [5.74, 6) is 0.816. The largest absolute Gasteiger partial charge is 0.481 e. The van der Waals surface area contributed by atoms with Crippen LogP contribution in [-0.2, 0) is 6.54 Å². The van der Waals surface area contributed by atoms with Gasteiger partial charge in [-0.2, -0.15) is 0 Å². The van der Waals surface area contributed by atoms with Crippen molar-refractivity contribution in [1.82, 2.24) is 15.3 Å². The minimum Gasteiger partial charge on any atom is -0.481 e. The number of methoxy groups -OCH3 is 1. The second-order valence-corrected chi connectivity index (χ2v) is 4.59. The summed E-state index contributed by atoms with van der Waals surface area (Å²) in [6.07, 6.45) is 1.63. The van der Waals surface area contributed by atoms with Crippen LogP contribution in [0, 0.1) is 0 Å². The van der Waals surface area contributed by atoms with Crippen molar-refractivity contribution in [3.8, 4) is 5.88 Å². The predicted molar refractivity (Wildman–Crippen MR) is 80.8 cm³/mol. The molecule has 2 rings (SSSR count). The van der Waals surface area contributed by atoms with Crippen LogP contribution < -0.4 is 15.4 Å².